The zero-order chi connectivity index (χ0) is 14.9. The molecule has 0 saturated carbocycles. The van der Waals surface area contributed by atoms with Crippen molar-refractivity contribution in [3.63, 3.8) is 0 Å². The van der Waals surface area contributed by atoms with Crippen molar-refractivity contribution in [2.45, 2.75) is 30.7 Å². The largest absolute Gasteiger partial charge is 0.313 e. The van der Waals surface area contributed by atoms with Gasteiger partial charge in [0.15, 0.2) is 0 Å². The summed E-state index contributed by atoms with van der Waals surface area (Å²) < 4.78 is 0. The van der Waals surface area contributed by atoms with Crippen molar-refractivity contribution in [1.29, 1.82) is 0 Å². The molecule has 0 bridgehead atoms. The van der Waals surface area contributed by atoms with E-state index in [-0.39, 0.29) is 0 Å². The van der Waals surface area contributed by atoms with Crippen molar-refractivity contribution < 1.29 is 0 Å². The standard InChI is InChI=1S/C17H21ClN2S/c1-2-8-20-16(10-14-5-4-9-19-12-14)13-21-17-7-3-6-15(18)11-17/h3-7,9,11-12,16,20H,2,8,10,13H2,1H3. The predicted molar refractivity (Wildman–Crippen MR) is 92.2 cm³/mol. The van der Waals surface area contributed by atoms with Crippen molar-refractivity contribution in [3.05, 3.63) is 59.4 Å². The summed E-state index contributed by atoms with van der Waals surface area (Å²) in [5, 5.41) is 4.42. The van der Waals surface area contributed by atoms with Crippen LogP contribution in [0.4, 0.5) is 0 Å². The lowest BCUT2D eigenvalue weighted by Gasteiger charge is -2.18. The van der Waals surface area contributed by atoms with Gasteiger partial charge in [-0.1, -0.05) is 30.7 Å². The Morgan fingerprint density at radius 2 is 2.19 bits per heavy atom. The summed E-state index contributed by atoms with van der Waals surface area (Å²) in [7, 11) is 0. The van der Waals surface area contributed by atoms with Gasteiger partial charge in [0.25, 0.3) is 0 Å². The molecule has 4 heteroatoms. The van der Waals surface area contributed by atoms with Gasteiger partial charge in [0.1, 0.15) is 0 Å². The van der Waals surface area contributed by atoms with E-state index in [1.54, 1.807) is 0 Å². The average Bonchev–Trinajstić information content (AvgIpc) is 2.51. The first-order chi connectivity index (χ1) is 10.3. The fourth-order valence-corrected chi connectivity index (χ4v) is 3.36. The van der Waals surface area contributed by atoms with Crippen molar-refractivity contribution in [2.24, 2.45) is 0 Å². The molecule has 2 aromatic rings. The summed E-state index contributed by atoms with van der Waals surface area (Å²) in [4.78, 5) is 5.42. The average molecular weight is 321 g/mol. The molecule has 0 spiro atoms. The SMILES string of the molecule is CCCNC(CSc1cccc(Cl)c1)Cc1cccnc1. The van der Waals surface area contributed by atoms with Gasteiger partial charge in [-0.2, -0.15) is 0 Å². The third-order valence-electron chi connectivity index (χ3n) is 3.14. The first-order valence-electron chi connectivity index (χ1n) is 7.28. The van der Waals surface area contributed by atoms with Crippen LogP contribution in [0.5, 0.6) is 0 Å². The van der Waals surface area contributed by atoms with Gasteiger partial charge in [-0.25, -0.2) is 0 Å². The molecule has 0 aliphatic carbocycles. The number of hydrogen-bond donors (Lipinski definition) is 1. The van der Waals surface area contributed by atoms with Gasteiger partial charge in [-0.05, 0) is 49.2 Å². The molecule has 1 heterocycles. The number of nitrogens with one attached hydrogen (secondary N) is 1. The highest BCUT2D eigenvalue weighted by atomic mass is 35.5. The molecule has 1 atom stereocenters. The normalized spacial score (nSPS) is 12.3. The van der Waals surface area contributed by atoms with Gasteiger partial charge in [0, 0.05) is 34.1 Å². The molecule has 1 N–H and O–H groups in total. The topological polar surface area (TPSA) is 24.9 Å². The zero-order valence-corrected chi connectivity index (χ0v) is 13.8. The van der Waals surface area contributed by atoms with Crippen LogP contribution in [-0.4, -0.2) is 23.3 Å². The molecule has 112 valence electrons. The van der Waals surface area contributed by atoms with Crippen LogP contribution in [0.1, 0.15) is 18.9 Å². The van der Waals surface area contributed by atoms with E-state index in [1.807, 2.05) is 48.4 Å². The van der Waals surface area contributed by atoms with Crippen molar-refractivity contribution >= 4 is 23.4 Å². The first-order valence-corrected chi connectivity index (χ1v) is 8.65. The van der Waals surface area contributed by atoms with E-state index >= 15 is 0 Å². The van der Waals surface area contributed by atoms with Gasteiger partial charge in [-0.3, -0.25) is 4.98 Å². The van der Waals surface area contributed by atoms with Crippen LogP contribution in [-0.2, 0) is 6.42 Å². The van der Waals surface area contributed by atoms with Crippen molar-refractivity contribution in [2.75, 3.05) is 12.3 Å². The number of benzene rings is 1. The van der Waals surface area contributed by atoms with Gasteiger partial charge >= 0.3 is 0 Å². The number of pyridine rings is 1. The molecule has 1 aromatic carbocycles. The van der Waals surface area contributed by atoms with E-state index in [1.165, 1.54) is 10.5 Å². The van der Waals surface area contributed by atoms with Crippen LogP contribution in [0.15, 0.2) is 53.7 Å². The predicted octanol–water partition coefficient (Wildman–Crippen LogP) is 4.44. The Balaban J connectivity index is 1.92. The Morgan fingerprint density at radius 3 is 2.90 bits per heavy atom. The summed E-state index contributed by atoms with van der Waals surface area (Å²) in [6.07, 6.45) is 5.91. The van der Waals surface area contributed by atoms with Crippen LogP contribution in [0.2, 0.25) is 5.02 Å². The fourth-order valence-electron chi connectivity index (χ4n) is 2.10. The van der Waals surface area contributed by atoms with E-state index in [2.05, 4.69) is 29.4 Å². The van der Waals surface area contributed by atoms with Crippen LogP contribution < -0.4 is 5.32 Å². The van der Waals surface area contributed by atoms with Crippen LogP contribution >= 0.6 is 23.4 Å². The van der Waals surface area contributed by atoms with Gasteiger partial charge in [0.2, 0.25) is 0 Å². The minimum absolute atomic E-state index is 0.443. The minimum Gasteiger partial charge on any atom is -0.313 e. The monoisotopic (exact) mass is 320 g/mol. The zero-order valence-electron chi connectivity index (χ0n) is 12.3. The lowest BCUT2D eigenvalue weighted by Crippen LogP contribution is -2.34. The second kappa shape index (κ2) is 9.08. The molecule has 2 nitrogen and oxygen atoms in total. The number of aromatic nitrogens is 1. The number of hydrogen-bond acceptors (Lipinski definition) is 3. The second-order valence-electron chi connectivity index (χ2n) is 4.98. The summed E-state index contributed by atoms with van der Waals surface area (Å²) in [5.41, 5.74) is 1.28. The molecule has 2 rings (SSSR count). The molecule has 0 aliphatic rings. The number of thioether (sulfide) groups is 1. The van der Waals surface area contributed by atoms with E-state index in [0.29, 0.717) is 6.04 Å². The molecule has 0 fully saturated rings. The second-order valence-corrected chi connectivity index (χ2v) is 6.51. The summed E-state index contributed by atoms with van der Waals surface area (Å²) in [6, 6.07) is 12.6. The molecule has 0 saturated heterocycles. The minimum atomic E-state index is 0.443. The molecule has 21 heavy (non-hydrogen) atoms. The summed E-state index contributed by atoms with van der Waals surface area (Å²) >= 11 is 7.88. The maximum absolute atomic E-state index is 6.04. The first kappa shape index (κ1) is 16.3. The fraction of sp³-hybridized carbons (Fsp3) is 0.353. The van der Waals surface area contributed by atoms with Gasteiger partial charge < -0.3 is 5.32 Å². The van der Waals surface area contributed by atoms with Crippen LogP contribution in [0.25, 0.3) is 0 Å². The third-order valence-corrected chi connectivity index (χ3v) is 4.53. The molecule has 1 aromatic heterocycles. The Bertz CT molecular complexity index is 533. The Labute approximate surface area is 136 Å². The molecule has 0 amide bonds. The molecule has 1 unspecified atom stereocenters. The number of rotatable bonds is 8. The quantitative estimate of drug-likeness (QED) is 0.728. The lowest BCUT2D eigenvalue weighted by atomic mass is 10.1. The highest BCUT2D eigenvalue weighted by molar-refractivity contribution is 7.99. The van der Waals surface area contributed by atoms with Crippen molar-refractivity contribution in [1.82, 2.24) is 10.3 Å². The third kappa shape index (κ3) is 6.08. The maximum atomic E-state index is 6.04. The van der Waals surface area contributed by atoms with Crippen LogP contribution in [0, 0.1) is 0 Å². The Kier molecular flexibility index (Phi) is 7.07. The van der Waals surface area contributed by atoms with E-state index in [0.717, 1.165) is 30.2 Å². The van der Waals surface area contributed by atoms with E-state index < -0.39 is 0 Å². The summed E-state index contributed by atoms with van der Waals surface area (Å²) in [5.74, 6) is 1.02. The van der Waals surface area contributed by atoms with Gasteiger partial charge in [0.05, 0.1) is 0 Å². The molecular formula is C17H21ClN2S. The Hall–Kier alpha value is -1.03. The van der Waals surface area contributed by atoms with Gasteiger partial charge in [-0.15, -0.1) is 11.8 Å². The number of halogens is 1. The maximum Gasteiger partial charge on any atom is 0.0417 e. The van der Waals surface area contributed by atoms with Crippen LogP contribution in [0.3, 0.4) is 0 Å². The Morgan fingerprint density at radius 1 is 1.29 bits per heavy atom. The van der Waals surface area contributed by atoms with E-state index in [9.17, 15) is 0 Å². The number of nitrogens with zero attached hydrogens (tertiary/aromatic N) is 1. The smallest absolute Gasteiger partial charge is 0.0417 e. The lowest BCUT2D eigenvalue weighted by molar-refractivity contribution is 0.549. The van der Waals surface area contributed by atoms with Crippen molar-refractivity contribution in [3.8, 4) is 0 Å². The van der Waals surface area contributed by atoms with E-state index in [4.69, 9.17) is 11.6 Å². The highest BCUT2D eigenvalue weighted by Gasteiger charge is 2.10. The summed E-state index contributed by atoms with van der Waals surface area (Å²) in [6.45, 7) is 3.24. The highest BCUT2D eigenvalue weighted by Crippen LogP contribution is 2.23. The molecule has 0 aliphatic heterocycles. The molecule has 0 radical (unpaired) electrons. The molecular weight excluding hydrogens is 300 g/mol.